The number of unbranched alkanes of at least 4 members (excludes halogenated alkanes) is 2. The Bertz CT molecular complexity index is 2060. The van der Waals surface area contributed by atoms with Crippen LogP contribution in [0.3, 0.4) is 0 Å². The Morgan fingerprint density at radius 3 is 1.90 bits per heavy atom. The van der Waals surface area contributed by atoms with Crippen molar-refractivity contribution in [1.29, 1.82) is 0 Å². The van der Waals surface area contributed by atoms with Gasteiger partial charge in [-0.05, 0) is 50.5 Å². The van der Waals surface area contributed by atoms with Crippen molar-refractivity contribution >= 4 is 46.7 Å². The maximum Gasteiger partial charge on any atom is 0.352 e. The second kappa shape index (κ2) is 13.9. The first-order chi connectivity index (χ1) is 24.4. The van der Waals surface area contributed by atoms with E-state index >= 15 is 0 Å². The predicted molar refractivity (Wildman–Crippen MR) is 180 cm³/mol. The summed E-state index contributed by atoms with van der Waals surface area (Å²) in [5.41, 5.74) is 1.66. The molecule has 1 saturated carbocycles. The second-order valence-corrected chi connectivity index (χ2v) is 13.1. The highest BCUT2D eigenvalue weighted by molar-refractivity contribution is 6.08. The van der Waals surface area contributed by atoms with Gasteiger partial charge >= 0.3 is 17.8 Å². The Morgan fingerprint density at radius 2 is 1.33 bits per heavy atom. The van der Waals surface area contributed by atoms with Crippen molar-refractivity contribution in [3.05, 3.63) is 44.1 Å². The highest BCUT2D eigenvalue weighted by atomic mass is 16.2. The molecule has 4 aliphatic heterocycles. The number of rotatable bonds is 12. The quantitative estimate of drug-likeness (QED) is 0.136. The number of carbonyl (C=O) groups is 6. The monoisotopic (exact) mass is 704 g/mol. The second-order valence-electron chi connectivity index (χ2n) is 13.1. The lowest BCUT2D eigenvalue weighted by Gasteiger charge is -2.60. The van der Waals surface area contributed by atoms with Gasteiger partial charge in [-0.2, -0.15) is 4.98 Å². The summed E-state index contributed by atoms with van der Waals surface area (Å²) in [5.74, 6) is -4.48. The van der Waals surface area contributed by atoms with Crippen LogP contribution in [0, 0.1) is 25.7 Å². The summed E-state index contributed by atoms with van der Waals surface area (Å²) in [6, 6.07) is -0.0455. The number of nitrogens with one attached hydrogen (secondary N) is 4. The zero-order valence-corrected chi connectivity index (χ0v) is 28.8. The molecule has 1 aliphatic carbocycles. The zero-order chi connectivity index (χ0) is 36.7. The molecule has 1 aromatic carbocycles. The van der Waals surface area contributed by atoms with E-state index in [0.29, 0.717) is 17.6 Å². The molecule has 6 rings (SSSR count). The lowest BCUT2D eigenvalue weighted by Crippen LogP contribution is -2.83. The smallest absolute Gasteiger partial charge is 0.352 e. The van der Waals surface area contributed by atoms with E-state index in [0.717, 1.165) is 44.8 Å². The van der Waals surface area contributed by atoms with Crippen LogP contribution in [0.25, 0.3) is 22.6 Å². The van der Waals surface area contributed by atoms with Crippen LogP contribution in [0.4, 0.5) is 9.59 Å². The van der Waals surface area contributed by atoms with Crippen molar-refractivity contribution in [2.24, 2.45) is 11.8 Å². The topological polar surface area (TPSA) is 227 Å². The third kappa shape index (κ3) is 6.29. The Morgan fingerprint density at radius 1 is 0.765 bits per heavy atom. The standard InChI is InChI=1S/C33H40N10O8/c1-5-7-8-9-34-20(44)14-42-25-22(28(46)38-32(42)50)23-26(25)43(33(51)39-29(23)47)15-21(45)35-10-11-41-19-13-17(4)16(3)12-18(19)36-24-27(41)37-31(49)40(6-2)30(24)48/h12-13,22-23,25-26H,5-11,14-15H2,1-4H3,(H,34,44)(H,35,45)(H,38,46,50)(H,39,47,51)/t22-,23+,25?,26?/m0/s1. The Hall–Kier alpha value is -5.68. The molecular formula is C33H40N10O8. The Labute approximate surface area is 291 Å². The van der Waals surface area contributed by atoms with E-state index in [1.807, 2.05) is 32.9 Å². The molecule has 51 heavy (non-hydrogen) atoms. The van der Waals surface area contributed by atoms with Crippen LogP contribution in [0.5, 0.6) is 0 Å². The number of fused-ring (bicyclic) bond motifs is 6. The number of hydrogen-bond acceptors (Lipinski definition) is 10. The summed E-state index contributed by atoms with van der Waals surface area (Å²) in [5, 5.41) is 9.90. The highest BCUT2D eigenvalue weighted by Gasteiger charge is 2.67. The van der Waals surface area contributed by atoms with Gasteiger partial charge in [0.1, 0.15) is 13.1 Å². The molecule has 4 heterocycles. The van der Waals surface area contributed by atoms with Crippen LogP contribution in [-0.2, 0) is 32.3 Å². The molecule has 4 atom stereocenters. The van der Waals surface area contributed by atoms with Crippen LogP contribution in [-0.4, -0.2) is 103 Å². The molecule has 3 fully saturated rings. The largest absolute Gasteiger partial charge is 0.355 e. The van der Waals surface area contributed by atoms with Crippen LogP contribution in [0.2, 0.25) is 0 Å². The fourth-order valence-corrected chi connectivity index (χ4v) is 7.21. The first-order valence-electron chi connectivity index (χ1n) is 17.0. The molecule has 5 aliphatic rings. The molecule has 1 aromatic rings. The molecule has 270 valence electrons. The zero-order valence-electron chi connectivity index (χ0n) is 28.8. The van der Waals surface area contributed by atoms with E-state index in [4.69, 9.17) is 0 Å². The molecule has 2 unspecified atom stereocenters. The predicted octanol–water partition coefficient (Wildman–Crippen LogP) is -0.796. The van der Waals surface area contributed by atoms with Crippen molar-refractivity contribution in [2.75, 3.05) is 26.2 Å². The number of imide groups is 2. The van der Waals surface area contributed by atoms with Gasteiger partial charge in [0.15, 0.2) is 11.5 Å². The molecule has 0 bridgehead atoms. The van der Waals surface area contributed by atoms with Gasteiger partial charge in [0, 0.05) is 26.2 Å². The van der Waals surface area contributed by atoms with Crippen molar-refractivity contribution in [1.82, 2.24) is 50.2 Å². The van der Waals surface area contributed by atoms with Gasteiger partial charge in [-0.1, -0.05) is 19.8 Å². The van der Waals surface area contributed by atoms with Gasteiger partial charge in [-0.15, -0.1) is 0 Å². The van der Waals surface area contributed by atoms with Crippen LogP contribution >= 0.6 is 0 Å². The normalized spacial score (nSPS) is 21.2. The molecule has 4 N–H and O–H groups in total. The number of aromatic nitrogens is 4. The number of urea groups is 2. The molecule has 2 saturated heterocycles. The van der Waals surface area contributed by atoms with E-state index in [1.165, 1.54) is 0 Å². The van der Waals surface area contributed by atoms with Crippen LogP contribution < -0.4 is 32.5 Å². The molecule has 18 heteroatoms. The minimum atomic E-state index is -1.04. The third-order valence-corrected chi connectivity index (χ3v) is 9.95. The SMILES string of the molecule is CCCCCNC(=O)CN1C(=O)NC(=O)[C@@H]2C1C1[C@@H]2C(=O)NC(=O)N1CC(=O)NCCn1c2nc(=O)n(CC)c(=O)c-2nc2cc(C)c(C)cc21. The Kier molecular flexibility index (Phi) is 9.59. The highest BCUT2D eigenvalue weighted by Crippen LogP contribution is 2.45. The van der Waals surface area contributed by atoms with Gasteiger partial charge in [0.05, 0.1) is 35.0 Å². The van der Waals surface area contributed by atoms with E-state index < -0.39 is 83.9 Å². The number of amides is 8. The minimum absolute atomic E-state index is 0.00373. The van der Waals surface area contributed by atoms with E-state index in [1.54, 1.807) is 11.5 Å². The molecule has 18 nitrogen and oxygen atoms in total. The lowest BCUT2D eigenvalue weighted by molar-refractivity contribution is -0.164. The van der Waals surface area contributed by atoms with Gasteiger partial charge in [-0.3, -0.25) is 39.2 Å². The van der Waals surface area contributed by atoms with Crippen LogP contribution in [0.1, 0.15) is 44.2 Å². The summed E-state index contributed by atoms with van der Waals surface area (Å²) in [6.07, 6.45) is 2.62. The lowest BCUT2D eigenvalue weighted by atomic mass is 9.60. The first kappa shape index (κ1) is 35.2. The van der Waals surface area contributed by atoms with Gasteiger partial charge < -0.3 is 25.0 Å². The van der Waals surface area contributed by atoms with Gasteiger partial charge in [0.2, 0.25) is 23.6 Å². The van der Waals surface area contributed by atoms with Crippen molar-refractivity contribution in [2.45, 2.75) is 72.1 Å². The summed E-state index contributed by atoms with van der Waals surface area (Å²) >= 11 is 0. The van der Waals surface area contributed by atoms with Crippen molar-refractivity contribution in [3.63, 3.8) is 0 Å². The van der Waals surface area contributed by atoms with E-state index in [9.17, 15) is 38.4 Å². The molecule has 8 amide bonds. The maximum atomic E-state index is 13.4. The summed E-state index contributed by atoms with van der Waals surface area (Å²) in [6.45, 7) is 7.14. The molecular weight excluding hydrogens is 664 g/mol. The fourth-order valence-electron chi connectivity index (χ4n) is 7.21. The van der Waals surface area contributed by atoms with E-state index in [2.05, 4.69) is 31.2 Å². The van der Waals surface area contributed by atoms with Crippen molar-refractivity contribution in [3.8, 4) is 11.5 Å². The number of benzene rings is 1. The molecule has 0 radical (unpaired) electrons. The summed E-state index contributed by atoms with van der Waals surface area (Å²) < 4.78 is 2.63. The van der Waals surface area contributed by atoms with Gasteiger partial charge in [0.25, 0.3) is 5.56 Å². The maximum absolute atomic E-state index is 13.4. The number of carbonyl (C=O) groups excluding carboxylic acids is 6. The average Bonchev–Trinajstić information content (AvgIpc) is 3.05. The number of hydrogen-bond donors (Lipinski definition) is 4. The first-order valence-corrected chi connectivity index (χ1v) is 17.0. The third-order valence-electron chi connectivity index (χ3n) is 9.95. The van der Waals surface area contributed by atoms with E-state index in [-0.39, 0.29) is 31.2 Å². The molecule has 0 spiro atoms. The number of nitrogens with zero attached hydrogens (tertiary/aromatic N) is 6. The average molecular weight is 705 g/mol. The molecule has 0 aromatic heterocycles. The minimum Gasteiger partial charge on any atom is -0.355 e. The fraction of sp³-hybridized carbons (Fsp3) is 0.515. The van der Waals surface area contributed by atoms with Crippen molar-refractivity contribution < 1.29 is 28.8 Å². The van der Waals surface area contributed by atoms with Gasteiger partial charge in [-0.25, -0.2) is 19.4 Å². The van der Waals surface area contributed by atoms with Crippen LogP contribution in [0.15, 0.2) is 21.7 Å². The summed E-state index contributed by atoms with van der Waals surface area (Å²) in [4.78, 5) is 115. The number of aryl methyl sites for hydroxylation is 2. The summed E-state index contributed by atoms with van der Waals surface area (Å²) in [7, 11) is 0. The Balaban J connectivity index is 1.21.